The van der Waals surface area contributed by atoms with E-state index in [1.807, 2.05) is 0 Å². The SMILES string of the molecule is CC(C)CCCCC(=O)[O-].CC(C)CCCCC(=O)[O-].CC(C)CCCCC(=O)[O-].CC(C)CCCCC(=O)[O-].CC(C)CCCCC(=O)[O-].CC(C)CCCCC(=O)[O-].CC(C)CCCCC(=O)[O-].[Co+2].[V]. The molecule has 0 aliphatic rings. The van der Waals surface area contributed by atoms with Crippen LogP contribution in [0.2, 0.25) is 0 Å². The molecule has 432 valence electrons. The normalized spacial score (nSPS) is 10.0. The summed E-state index contributed by atoms with van der Waals surface area (Å²) in [6, 6.07) is 0. The molecule has 0 aromatic carbocycles. The van der Waals surface area contributed by atoms with Gasteiger partial charge in [-0.15, -0.1) is 0 Å². The summed E-state index contributed by atoms with van der Waals surface area (Å²) in [4.78, 5) is 69.5. The van der Waals surface area contributed by atoms with Crippen LogP contribution in [0.4, 0.5) is 0 Å². The van der Waals surface area contributed by atoms with Gasteiger partial charge in [0.2, 0.25) is 0 Å². The summed E-state index contributed by atoms with van der Waals surface area (Å²) in [5.41, 5.74) is 0. The van der Waals surface area contributed by atoms with Crippen LogP contribution in [0.25, 0.3) is 0 Å². The van der Waals surface area contributed by atoms with E-state index in [2.05, 4.69) is 96.9 Å². The molecule has 0 saturated carbocycles. The molecule has 0 aromatic rings. The van der Waals surface area contributed by atoms with Crippen molar-refractivity contribution in [3.05, 3.63) is 0 Å². The van der Waals surface area contributed by atoms with Crippen LogP contribution in [-0.4, -0.2) is 41.8 Å². The molecule has 0 spiro atoms. The molecule has 0 bridgehead atoms. The largest absolute Gasteiger partial charge is 2.00 e. The summed E-state index contributed by atoms with van der Waals surface area (Å²) in [6.07, 6.45) is 21.7. The summed E-state index contributed by atoms with van der Waals surface area (Å²) < 4.78 is 0. The van der Waals surface area contributed by atoms with Crippen LogP contribution in [0.5, 0.6) is 0 Å². The van der Waals surface area contributed by atoms with Gasteiger partial charge in [-0.1, -0.05) is 187 Å². The van der Waals surface area contributed by atoms with Crippen LogP contribution in [0.15, 0.2) is 0 Å². The van der Waals surface area contributed by atoms with Gasteiger partial charge in [0.05, 0.1) is 0 Å². The molecule has 2 radical (unpaired) electrons. The first-order chi connectivity index (χ1) is 32.4. The Labute approximate surface area is 462 Å². The van der Waals surface area contributed by atoms with Gasteiger partial charge in [0, 0.05) is 60.3 Å². The first-order valence-corrected chi connectivity index (χ1v) is 26.8. The minimum Gasteiger partial charge on any atom is -0.550 e. The third kappa shape index (κ3) is 138. The second-order valence-corrected chi connectivity index (χ2v) is 21.1. The van der Waals surface area contributed by atoms with Crippen LogP contribution >= 0.6 is 0 Å². The molecule has 0 atom stereocenters. The second-order valence-electron chi connectivity index (χ2n) is 21.1. The molecule has 0 fully saturated rings. The molecule has 0 unspecified atom stereocenters. The van der Waals surface area contributed by atoms with Crippen LogP contribution in [-0.2, 0) is 68.9 Å². The van der Waals surface area contributed by atoms with Crippen molar-refractivity contribution < 1.29 is 105 Å². The molecule has 0 aliphatic carbocycles. The van der Waals surface area contributed by atoms with E-state index in [1.54, 1.807) is 0 Å². The molecule has 0 N–H and O–H groups in total. The Morgan fingerprint density at radius 1 is 0.222 bits per heavy atom. The van der Waals surface area contributed by atoms with Crippen LogP contribution in [0, 0.1) is 41.4 Å². The van der Waals surface area contributed by atoms with E-state index in [0.29, 0.717) is 41.4 Å². The topological polar surface area (TPSA) is 281 Å². The third-order valence-corrected chi connectivity index (χ3v) is 9.89. The average molecular weight is 1110 g/mol. The molecule has 72 heavy (non-hydrogen) atoms. The molecule has 0 saturated heterocycles. The Bertz CT molecular complexity index is 953. The predicted molar refractivity (Wildman–Crippen MR) is 268 cm³/mol. The fraction of sp³-hybridized carbons (Fsp3) is 0.875. The number of rotatable bonds is 35. The van der Waals surface area contributed by atoms with Crippen LogP contribution < -0.4 is 35.7 Å². The zero-order chi connectivity index (χ0) is 55.9. The van der Waals surface area contributed by atoms with Gasteiger partial charge in [0.15, 0.2) is 0 Å². The number of carbonyl (C=O) groups excluding carboxylic acids is 7. The molecule has 0 rings (SSSR count). The molecular weight excluding hydrogens is 1010 g/mol. The number of carbonyl (C=O) groups is 7. The maximum absolute atomic E-state index is 9.93. The average Bonchev–Trinajstić information content (AvgIpc) is 3.21. The minimum atomic E-state index is -0.927. The second kappa shape index (κ2) is 68.4. The van der Waals surface area contributed by atoms with Crippen LogP contribution in [0.1, 0.15) is 277 Å². The Hall–Kier alpha value is -2.62. The number of hydrogen-bond donors (Lipinski definition) is 0. The van der Waals surface area contributed by atoms with Gasteiger partial charge in [0.25, 0.3) is 0 Å². The summed E-state index contributed by atoms with van der Waals surface area (Å²) in [5, 5.41) is 69.5. The van der Waals surface area contributed by atoms with E-state index in [1.165, 1.54) is 0 Å². The van der Waals surface area contributed by atoms with E-state index < -0.39 is 41.8 Å². The smallest absolute Gasteiger partial charge is 0.550 e. The van der Waals surface area contributed by atoms with Gasteiger partial charge in [-0.05, 0) is 131 Å². The molecule has 14 nitrogen and oxygen atoms in total. The Morgan fingerprint density at radius 3 is 0.361 bits per heavy atom. The van der Waals surface area contributed by atoms with Gasteiger partial charge in [-0.25, -0.2) is 0 Å². The van der Waals surface area contributed by atoms with Crippen molar-refractivity contribution in [2.24, 2.45) is 41.4 Å². The minimum absolute atomic E-state index is 0. The Balaban J connectivity index is -0.0000000915. The van der Waals surface area contributed by atoms with Gasteiger partial charge < -0.3 is 69.3 Å². The van der Waals surface area contributed by atoms with Crippen LogP contribution in [0.3, 0.4) is 0 Å². The number of aliphatic carboxylic acids is 7. The molecule has 0 aliphatic heterocycles. The van der Waals surface area contributed by atoms with Gasteiger partial charge >= 0.3 is 16.8 Å². The van der Waals surface area contributed by atoms with E-state index in [9.17, 15) is 69.3 Å². The Kier molecular flexibility index (Phi) is 84.5. The maximum Gasteiger partial charge on any atom is 2.00 e. The van der Waals surface area contributed by atoms with E-state index in [4.69, 9.17) is 0 Å². The predicted octanol–water partition coefficient (Wildman–Crippen LogP) is 6.66. The molecule has 0 aromatic heterocycles. The first-order valence-electron chi connectivity index (χ1n) is 26.8. The molecular formula is C56H105CoO14V-5. The van der Waals surface area contributed by atoms with E-state index in [-0.39, 0.29) is 80.3 Å². The van der Waals surface area contributed by atoms with E-state index in [0.717, 1.165) is 135 Å². The van der Waals surface area contributed by atoms with Crippen molar-refractivity contribution in [1.82, 2.24) is 0 Å². The van der Waals surface area contributed by atoms with Gasteiger partial charge in [-0.2, -0.15) is 0 Å². The number of hydrogen-bond acceptors (Lipinski definition) is 14. The third-order valence-electron chi connectivity index (χ3n) is 9.89. The quantitative estimate of drug-likeness (QED) is 0.0600. The van der Waals surface area contributed by atoms with Crippen molar-refractivity contribution in [1.29, 1.82) is 0 Å². The molecule has 0 amide bonds. The Morgan fingerprint density at radius 2 is 0.306 bits per heavy atom. The van der Waals surface area contributed by atoms with Crippen molar-refractivity contribution in [2.45, 2.75) is 277 Å². The summed E-state index contributed by atoms with van der Waals surface area (Å²) in [5.74, 6) is -1.71. The summed E-state index contributed by atoms with van der Waals surface area (Å²) >= 11 is 0. The fourth-order valence-corrected chi connectivity index (χ4v) is 5.75. The van der Waals surface area contributed by atoms with E-state index >= 15 is 0 Å². The van der Waals surface area contributed by atoms with Crippen molar-refractivity contribution >= 4 is 41.8 Å². The standard InChI is InChI=1S/7C8H16O2.Co.V/c7*1-7(2)5-3-4-6-8(9)10;;/h7*7H,3-6H2,1-2H3,(H,9,10);;/q;;;;;;;+2;/p-7. The molecule has 0 heterocycles. The zero-order valence-corrected chi connectivity index (χ0v) is 50.3. The first kappa shape index (κ1) is 89.0. The number of carboxylic acid groups (broad SMARTS) is 7. The maximum atomic E-state index is 9.93. The molecule has 16 heteroatoms. The van der Waals surface area contributed by atoms with Gasteiger partial charge in [-0.3, -0.25) is 0 Å². The summed E-state index contributed by atoms with van der Waals surface area (Å²) in [6.45, 7) is 29.9. The van der Waals surface area contributed by atoms with Crippen molar-refractivity contribution in [3.8, 4) is 0 Å². The zero-order valence-electron chi connectivity index (χ0n) is 47.8. The number of unbranched alkanes of at least 4 members (excludes halogenated alkanes) is 7. The fourth-order valence-electron chi connectivity index (χ4n) is 5.75. The van der Waals surface area contributed by atoms with Gasteiger partial charge in [0.1, 0.15) is 0 Å². The number of carboxylic acids is 7. The van der Waals surface area contributed by atoms with Crippen molar-refractivity contribution in [2.75, 3.05) is 0 Å². The van der Waals surface area contributed by atoms with Crippen molar-refractivity contribution in [3.63, 3.8) is 0 Å². The monoisotopic (exact) mass is 1110 g/mol. The summed E-state index contributed by atoms with van der Waals surface area (Å²) in [7, 11) is 0.